The largest absolute Gasteiger partial charge is 0.496 e. The van der Waals surface area contributed by atoms with Crippen LogP contribution in [0, 0.1) is 6.92 Å². The monoisotopic (exact) mass is 400 g/mol. The Labute approximate surface area is 169 Å². The van der Waals surface area contributed by atoms with Gasteiger partial charge in [-0.05, 0) is 42.3 Å². The molecule has 0 bridgehead atoms. The third kappa shape index (κ3) is 4.66. The number of oxime groups is 1. The van der Waals surface area contributed by atoms with Gasteiger partial charge in [-0.2, -0.15) is 0 Å². The van der Waals surface area contributed by atoms with Crippen molar-refractivity contribution in [3.63, 3.8) is 0 Å². The summed E-state index contributed by atoms with van der Waals surface area (Å²) in [7, 11) is 1.70. The maximum Gasteiger partial charge on any atom is 0.123 e. The number of methoxy groups -OCH3 is 1. The maximum atomic E-state index is 8.77. The van der Waals surface area contributed by atoms with Gasteiger partial charge in [0, 0.05) is 59.3 Å². The number of rotatable bonds is 9. The highest BCUT2D eigenvalue weighted by Crippen LogP contribution is 2.34. The Hall–Kier alpha value is -2.50. The van der Waals surface area contributed by atoms with Crippen LogP contribution in [0.3, 0.4) is 0 Å². The van der Waals surface area contributed by atoms with E-state index in [1.54, 1.807) is 13.3 Å². The number of aromatic amines is 1. The summed E-state index contributed by atoms with van der Waals surface area (Å²) >= 11 is 6.03. The molecule has 0 radical (unpaired) electrons. The highest BCUT2D eigenvalue weighted by molar-refractivity contribution is 6.30. The van der Waals surface area contributed by atoms with Crippen molar-refractivity contribution in [1.29, 1.82) is 0 Å². The van der Waals surface area contributed by atoms with Crippen molar-refractivity contribution in [2.24, 2.45) is 5.16 Å². The predicted molar refractivity (Wildman–Crippen MR) is 114 cm³/mol. The van der Waals surface area contributed by atoms with Crippen molar-refractivity contribution in [1.82, 2.24) is 4.98 Å². The van der Waals surface area contributed by atoms with Crippen molar-refractivity contribution in [3.8, 4) is 5.75 Å². The van der Waals surface area contributed by atoms with Crippen LogP contribution in [0.5, 0.6) is 5.75 Å². The summed E-state index contributed by atoms with van der Waals surface area (Å²) in [6.45, 7) is 2.61. The van der Waals surface area contributed by atoms with Crippen LogP contribution in [0.15, 0.2) is 41.6 Å². The van der Waals surface area contributed by atoms with E-state index >= 15 is 0 Å². The number of halogens is 1. The number of nitrogens with one attached hydrogen (secondary N) is 1. The van der Waals surface area contributed by atoms with Crippen molar-refractivity contribution in [2.75, 3.05) is 20.3 Å². The van der Waals surface area contributed by atoms with Gasteiger partial charge in [-0.25, -0.2) is 0 Å². The molecular formula is C22H25ClN2O3. The van der Waals surface area contributed by atoms with Gasteiger partial charge in [-0.1, -0.05) is 28.9 Å². The average Bonchev–Trinajstić information content (AvgIpc) is 3.02. The number of hydrogen-bond acceptors (Lipinski definition) is 4. The summed E-state index contributed by atoms with van der Waals surface area (Å²) < 4.78 is 5.67. The molecule has 0 saturated carbocycles. The first kappa shape index (κ1) is 20.2. The van der Waals surface area contributed by atoms with Crippen molar-refractivity contribution in [3.05, 3.63) is 63.8 Å². The fraction of sp³-hybridized carbons (Fsp3) is 0.318. The Morgan fingerprint density at radius 3 is 2.64 bits per heavy atom. The molecule has 0 unspecified atom stereocenters. The molecule has 148 valence electrons. The standard InChI is InChI=1S/C22H25ClN2O3/c1-15-18(10-13-28-24-11-3-12-26)22-19(14-16-4-6-17(23)7-5-16)21(27-2)9-8-20(22)25-15/h4-9,11,25-26H,3,10,12-14H2,1-2H3. The van der Waals surface area contributed by atoms with E-state index in [0.29, 0.717) is 13.0 Å². The van der Waals surface area contributed by atoms with Gasteiger partial charge in [0.1, 0.15) is 12.4 Å². The number of nitrogens with zero attached hydrogens (tertiary/aromatic N) is 1. The normalized spacial score (nSPS) is 11.4. The number of aromatic nitrogens is 1. The zero-order valence-electron chi connectivity index (χ0n) is 16.2. The maximum absolute atomic E-state index is 8.77. The van der Waals surface area contributed by atoms with Crippen LogP contribution in [0.25, 0.3) is 10.9 Å². The molecule has 1 aromatic heterocycles. The van der Waals surface area contributed by atoms with Crippen LogP contribution in [-0.2, 0) is 17.7 Å². The molecule has 0 aliphatic heterocycles. The second-order valence-corrected chi connectivity index (χ2v) is 7.02. The summed E-state index contributed by atoms with van der Waals surface area (Å²) in [6.07, 6.45) is 3.55. The topological polar surface area (TPSA) is 66.8 Å². The first-order valence-electron chi connectivity index (χ1n) is 9.30. The molecule has 0 atom stereocenters. The molecule has 2 N–H and O–H groups in total. The highest BCUT2D eigenvalue weighted by atomic mass is 35.5. The van der Waals surface area contributed by atoms with Crippen LogP contribution in [0.1, 0.15) is 28.8 Å². The van der Waals surface area contributed by atoms with E-state index in [9.17, 15) is 0 Å². The van der Waals surface area contributed by atoms with E-state index in [4.69, 9.17) is 26.3 Å². The molecule has 0 fully saturated rings. The number of hydrogen-bond donors (Lipinski definition) is 2. The van der Waals surface area contributed by atoms with Crippen LogP contribution in [0.2, 0.25) is 5.02 Å². The second-order valence-electron chi connectivity index (χ2n) is 6.58. The van der Waals surface area contributed by atoms with E-state index in [0.717, 1.165) is 40.4 Å². The molecule has 2 aromatic carbocycles. The number of H-pyrrole nitrogens is 1. The summed E-state index contributed by atoms with van der Waals surface area (Å²) in [5.41, 5.74) is 5.72. The summed E-state index contributed by atoms with van der Waals surface area (Å²) in [4.78, 5) is 8.81. The van der Waals surface area contributed by atoms with Gasteiger partial charge < -0.3 is 19.7 Å². The molecule has 3 rings (SSSR count). The van der Waals surface area contributed by atoms with Crippen molar-refractivity contribution >= 4 is 28.7 Å². The van der Waals surface area contributed by atoms with E-state index in [1.165, 1.54) is 16.5 Å². The van der Waals surface area contributed by atoms with Gasteiger partial charge in [0.15, 0.2) is 0 Å². The minimum absolute atomic E-state index is 0.0717. The smallest absolute Gasteiger partial charge is 0.123 e. The lowest BCUT2D eigenvalue weighted by Gasteiger charge is -2.12. The Bertz CT molecular complexity index is 949. The number of aliphatic hydroxyl groups excluding tert-OH is 1. The van der Waals surface area contributed by atoms with Crippen LogP contribution >= 0.6 is 11.6 Å². The van der Waals surface area contributed by atoms with E-state index < -0.39 is 0 Å². The Balaban J connectivity index is 1.92. The molecule has 0 spiro atoms. The van der Waals surface area contributed by atoms with Gasteiger partial charge in [-0.15, -0.1) is 0 Å². The molecule has 0 saturated heterocycles. The lowest BCUT2D eigenvalue weighted by atomic mass is 9.96. The zero-order valence-corrected chi connectivity index (χ0v) is 16.9. The lowest BCUT2D eigenvalue weighted by molar-refractivity contribution is 0.148. The van der Waals surface area contributed by atoms with Gasteiger partial charge in [-0.3, -0.25) is 0 Å². The number of aryl methyl sites for hydroxylation is 1. The summed E-state index contributed by atoms with van der Waals surface area (Å²) in [6, 6.07) is 12.0. The molecule has 1 heterocycles. The molecule has 3 aromatic rings. The average molecular weight is 401 g/mol. The number of aliphatic hydroxyl groups is 1. The van der Waals surface area contributed by atoms with Crippen LogP contribution in [-0.4, -0.2) is 36.6 Å². The number of benzene rings is 2. The fourth-order valence-corrected chi connectivity index (χ4v) is 3.52. The Morgan fingerprint density at radius 2 is 1.93 bits per heavy atom. The van der Waals surface area contributed by atoms with Gasteiger partial charge in [0.25, 0.3) is 0 Å². The number of fused-ring (bicyclic) bond motifs is 1. The third-order valence-electron chi connectivity index (χ3n) is 4.71. The quantitative estimate of drug-likeness (QED) is 0.312. The first-order chi connectivity index (χ1) is 13.6. The highest BCUT2D eigenvalue weighted by Gasteiger charge is 2.17. The fourth-order valence-electron chi connectivity index (χ4n) is 3.39. The zero-order chi connectivity index (χ0) is 19.9. The number of ether oxygens (including phenoxy) is 1. The van der Waals surface area contributed by atoms with Crippen molar-refractivity contribution < 1.29 is 14.7 Å². The molecule has 6 heteroatoms. The summed E-state index contributed by atoms with van der Waals surface area (Å²) in [5, 5.41) is 14.5. The summed E-state index contributed by atoms with van der Waals surface area (Å²) in [5.74, 6) is 0.865. The first-order valence-corrected chi connectivity index (χ1v) is 9.68. The lowest BCUT2D eigenvalue weighted by Crippen LogP contribution is -1.99. The molecule has 0 aliphatic carbocycles. The minimum Gasteiger partial charge on any atom is -0.496 e. The van der Waals surface area contributed by atoms with Gasteiger partial charge in [0.2, 0.25) is 0 Å². The predicted octanol–water partition coefficient (Wildman–Crippen LogP) is 4.66. The van der Waals surface area contributed by atoms with Gasteiger partial charge >= 0.3 is 0 Å². The van der Waals surface area contributed by atoms with Crippen LogP contribution in [0.4, 0.5) is 0 Å². The van der Waals surface area contributed by atoms with E-state index in [2.05, 4.69) is 23.1 Å². The molecular weight excluding hydrogens is 376 g/mol. The Kier molecular flexibility index (Phi) is 6.95. The van der Waals surface area contributed by atoms with Crippen molar-refractivity contribution in [2.45, 2.75) is 26.2 Å². The molecule has 28 heavy (non-hydrogen) atoms. The molecule has 5 nitrogen and oxygen atoms in total. The SMILES string of the molecule is COc1ccc2[nH]c(C)c(CCON=CCCO)c2c1Cc1ccc(Cl)cc1. The third-order valence-corrected chi connectivity index (χ3v) is 4.96. The second kappa shape index (κ2) is 9.62. The van der Waals surface area contributed by atoms with Gasteiger partial charge in [0.05, 0.1) is 7.11 Å². The minimum atomic E-state index is 0.0717. The van der Waals surface area contributed by atoms with E-state index in [-0.39, 0.29) is 6.61 Å². The molecule has 0 amide bonds. The van der Waals surface area contributed by atoms with E-state index in [1.807, 2.05) is 30.3 Å². The van der Waals surface area contributed by atoms with Crippen LogP contribution < -0.4 is 4.74 Å². The molecule has 0 aliphatic rings. The Morgan fingerprint density at radius 1 is 1.14 bits per heavy atom.